The third-order valence-corrected chi connectivity index (χ3v) is 10.1. The first-order valence-electron chi connectivity index (χ1n) is 18.2. The molecule has 0 saturated carbocycles. The van der Waals surface area contributed by atoms with E-state index in [2.05, 4.69) is 86.6 Å². The predicted molar refractivity (Wildman–Crippen MR) is 210 cm³/mol. The van der Waals surface area contributed by atoms with E-state index in [1.54, 1.807) is 0 Å². The van der Waals surface area contributed by atoms with Crippen LogP contribution in [0.4, 0.5) is 0 Å². The molecule has 48 heavy (non-hydrogen) atoms. The highest BCUT2D eigenvalue weighted by Crippen LogP contribution is 2.50. The van der Waals surface area contributed by atoms with E-state index in [4.69, 9.17) is 32.7 Å². The molecule has 0 spiro atoms. The molecule has 0 aromatic heterocycles. The number of fused-ring (bicyclic) bond motifs is 4. The van der Waals surface area contributed by atoms with Crippen LogP contribution in [0.2, 0.25) is 10.0 Å². The van der Waals surface area contributed by atoms with E-state index < -0.39 is 0 Å². The van der Waals surface area contributed by atoms with Crippen molar-refractivity contribution in [1.82, 2.24) is 0 Å². The van der Waals surface area contributed by atoms with Crippen molar-refractivity contribution in [3.05, 3.63) is 95.0 Å². The lowest BCUT2D eigenvalue weighted by molar-refractivity contribution is 0.311. The summed E-state index contributed by atoms with van der Waals surface area (Å²) in [5, 5.41) is 10.2. The van der Waals surface area contributed by atoms with Crippen LogP contribution in [0.5, 0.6) is 11.5 Å². The van der Waals surface area contributed by atoms with Gasteiger partial charge in [0.15, 0.2) is 0 Å². The number of unbranched alkanes of at least 4 members (excludes halogenated alkanes) is 10. The summed E-state index contributed by atoms with van der Waals surface area (Å²) >= 11 is 13.6. The third kappa shape index (κ3) is 7.56. The summed E-state index contributed by atoms with van der Waals surface area (Å²) in [4.78, 5) is 0. The zero-order valence-electron chi connectivity index (χ0n) is 28.6. The first kappa shape index (κ1) is 34.4. The highest BCUT2D eigenvalue weighted by atomic mass is 35.5. The van der Waals surface area contributed by atoms with Crippen molar-refractivity contribution in [3.63, 3.8) is 0 Å². The van der Waals surface area contributed by atoms with E-state index in [0.717, 1.165) is 78.6 Å². The molecule has 6 rings (SSSR count). The minimum atomic E-state index is 0.694. The van der Waals surface area contributed by atoms with E-state index in [1.165, 1.54) is 64.2 Å². The lowest BCUT2D eigenvalue weighted by Gasteiger charge is -2.22. The fourth-order valence-electron chi connectivity index (χ4n) is 7.18. The Hall–Kier alpha value is -3.46. The molecule has 0 unspecified atom stereocenters. The highest BCUT2D eigenvalue weighted by Gasteiger charge is 2.23. The summed E-state index contributed by atoms with van der Waals surface area (Å²) in [6.45, 7) is 5.91. The van der Waals surface area contributed by atoms with Gasteiger partial charge in [-0.05, 0) is 81.9 Å². The molecule has 2 nitrogen and oxygen atoms in total. The normalized spacial score (nSPS) is 11.7. The minimum Gasteiger partial charge on any atom is -0.492 e. The highest BCUT2D eigenvalue weighted by molar-refractivity contribution is 6.34. The molecule has 0 aliphatic carbocycles. The fraction of sp³-hybridized carbons (Fsp3) is 0.364. The average Bonchev–Trinajstić information content (AvgIpc) is 3.10. The van der Waals surface area contributed by atoms with E-state index >= 15 is 0 Å². The summed E-state index contributed by atoms with van der Waals surface area (Å²) in [5.74, 6) is 1.86. The Morgan fingerprint density at radius 3 is 1.17 bits per heavy atom. The lowest BCUT2D eigenvalue weighted by atomic mass is 9.85. The number of benzene rings is 6. The van der Waals surface area contributed by atoms with Crippen molar-refractivity contribution in [3.8, 4) is 22.6 Å². The molecule has 0 heterocycles. The van der Waals surface area contributed by atoms with Gasteiger partial charge in [0.05, 0.1) is 13.2 Å². The summed E-state index contributed by atoms with van der Waals surface area (Å²) in [5.41, 5.74) is 2.28. The summed E-state index contributed by atoms with van der Waals surface area (Å²) in [6.07, 6.45) is 14.7. The van der Waals surface area contributed by atoms with E-state index in [1.807, 2.05) is 12.1 Å². The van der Waals surface area contributed by atoms with E-state index in [-0.39, 0.29) is 0 Å². The summed E-state index contributed by atoms with van der Waals surface area (Å²) in [6, 6.07) is 29.7. The largest absolute Gasteiger partial charge is 0.492 e. The molecule has 6 aromatic carbocycles. The van der Waals surface area contributed by atoms with Crippen LogP contribution < -0.4 is 9.47 Å². The maximum Gasteiger partial charge on any atom is 0.134 e. The summed E-state index contributed by atoms with van der Waals surface area (Å²) < 4.78 is 13.4. The van der Waals surface area contributed by atoms with Crippen LogP contribution in [-0.4, -0.2) is 13.2 Å². The molecular weight excluding hydrogens is 631 g/mol. The van der Waals surface area contributed by atoms with Gasteiger partial charge in [0.1, 0.15) is 11.5 Å². The van der Waals surface area contributed by atoms with Gasteiger partial charge >= 0.3 is 0 Å². The van der Waals surface area contributed by atoms with Gasteiger partial charge in [0.2, 0.25) is 0 Å². The molecule has 0 amide bonds. The average molecular weight is 680 g/mol. The maximum absolute atomic E-state index is 6.78. The van der Waals surface area contributed by atoms with Crippen LogP contribution in [0.3, 0.4) is 0 Å². The van der Waals surface area contributed by atoms with Gasteiger partial charge in [-0.15, -0.1) is 0 Å². The van der Waals surface area contributed by atoms with Crippen molar-refractivity contribution < 1.29 is 9.47 Å². The fourth-order valence-corrected chi connectivity index (χ4v) is 7.53. The predicted octanol–water partition coefficient (Wildman–Crippen LogP) is 14.8. The number of rotatable bonds is 17. The Balaban J connectivity index is 1.50. The molecule has 6 aromatic rings. The van der Waals surface area contributed by atoms with Crippen LogP contribution in [0.15, 0.2) is 84.9 Å². The molecule has 0 aliphatic heterocycles. The molecule has 0 radical (unpaired) electrons. The zero-order chi connectivity index (χ0) is 33.3. The molecule has 0 bridgehead atoms. The van der Waals surface area contributed by atoms with Crippen LogP contribution in [0, 0.1) is 0 Å². The van der Waals surface area contributed by atoms with Crippen LogP contribution in [0.25, 0.3) is 54.2 Å². The number of hydrogen-bond donors (Lipinski definition) is 0. The monoisotopic (exact) mass is 678 g/mol. The Bertz CT molecular complexity index is 1850. The molecule has 0 saturated heterocycles. The molecule has 4 heteroatoms. The lowest BCUT2D eigenvalue weighted by Crippen LogP contribution is -2.01. The summed E-state index contributed by atoms with van der Waals surface area (Å²) in [7, 11) is 0. The molecular formula is C44H48Cl2O2. The Kier molecular flexibility index (Phi) is 12.0. The first-order chi connectivity index (χ1) is 23.6. The quantitative estimate of drug-likeness (QED) is 0.0706. The van der Waals surface area contributed by atoms with Gasteiger partial charge in [-0.2, -0.15) is 0 Å². The molecule has 0 aliphatic rings. The second-order valence-electron chi connectivity index (χ2n) is 13.1. The second-order valence-corrected chi connectivity index (χ2v) is 14.0. The van der Waals surface area contributed by atoms with Gasteiger partial charge in [-0.25, -0.2) is 0 Å². The smallest absolute Gasteiger partial charge is 0.134 e. The first-order valence-corrected chi connectivity index (χ1v) is 18.9. The van der Waals surface area contributed by atoms with Crippen LogP contribution in [0.1, 0.15) is 90.9 Å². The van der Waals surface area contributed by atoms with Gasteiger partial charge in [-0.1, -0.05) is 150 Å². The van der Waals surface area contributed by atoms with Crippen molar-refractivity contribution in [2.24, 2.45) is 0 Å². The van der Waals surface area contributed by atoms with Gasteiger partial charge < -0.3 is 9.47 Å². The van der Waals surface area contributed by atoms with Gasteiger partial charge in [-0.3, -0.25) is 0 Å². The van der Waals surface area contributed by atoms with Crippen LogP contribution in [-0.2, 0) is 0 Å². The van der Waals surface area contributed by atoms with Crippen molar-refractivity contribution in [2.75, 3.05) is 13.2 Å². The van der Waals surface area contributed by atoms with Gasteiger partial charge in [0.25, 0.3) is 0 Å². The molecule has 250 valence electrons. The Morgan fingerprint density at radius 2 is 0.750 bits per heavy atom. The third-order valence-electron chi connectivity index (χ3n) is 9.61. The SMILES string of the molecule is CCCCCCCCOc1c2ccccc2c(-c2c3ccccc3c(OCCCCCCCC)c3ccc(Cl)cc23)c2cc(Cl)ccc12. The van der Waals surface area contributed by atoms with Crippen molar-refractivity contribution in [2.45, 2.75) is 90.9 Å². The number of hydrogen-bond acceptors (Lipinski definition) is 2. The maximum atomic E-state index is 6.78. The van der Waals surface area contributed by atoms with E-state index in [0.29, 0.717) is 23.3 Å². The van der Waals surface area contributed by atoms with Crippen molar-refractivity contribution in [1.29, 1.82) is 0 Å². The van der Waals surface area contributed by atoms with Crippen LogP contribution >= 0.6 is 23.2 Å². The van der Waals surface area contributed by atoms with E-state index in [9.17, 15) is 0 Å². The minimum absolute atomic E-state index is 0.694. The van der Waals surface area contributed by atoms with Gasteiger partial charge in [0, 0.05) is 31.6 Å². The molecule has 0 atom stereocenters. The van der Waals surface area contributed by atoms with Crippen molar-refractivity contribution >= 4 is 66.3 Å². The number of halogens is 2. The molecule has 0 N–H and O–H groups in total. The zero-order valence-corrected chi connectivity index (χ0v) is 30.1. The Labute approximate surface area is 296 Å². The standard InChI is InChI=1S/C44H48Cl2O2/c1-3-5-7-9-11-17-27-47-43-35-21-15-13-19-33(35)41(39-29-31(45)23-25-37(39)43)42-34-20-14-16-22-36(34)44(38-26-24-32(46)30-40(38)42)48-28-18-12-10-8-6-4-2/h13-16,19-26,29-30H,3-12,17-18,27-28H2,1-2H3. The Morgan fingerprint density at radius 1 is 0.396 bits per heavy atom. The second kappa shape index (κ2) is 16.8. The molecule has 0 fully saturated rings. The topological polar surface area (TPSA) is 18.5 Å². The number of ether oxygens (including phenoxy) is 2.